The standard InChI is InChI=1S/C10H12BrClO/c1-2-9(13)5-7-3-4-8(12)6-10(7)11/h3-4,6,9,13H,2,5H2,1H3. The predicted molar refractivity (Wildman–Crippen MR) is 59.2 cm³/mol. The van der Waals surface area contributed by atoms with Crippen molar-refractivity contribution in [3.05, 3.63) is 33.3 Å². The molecule has 0 bridgehead atoms. The number of aliphatic hydroxyl groups excluding tert-OH is 1. The molecule has 0 saturated heterocycles. The Kier molecular flexibility index (Phi) is 4.23. The van der Waals surface area contributed by atoms with Gasteiger partial charge in [-0.15, -0.1) is 0 Å². The van der Waals surface area contributed by atoms with Crippen molar-refractivity contribution in [3.8, 4) is 0 Å². The van der Waals surface area contributed by atoms with E-state index in [-0.39, 0.29) is 6.10 Å². The molecular weight excluding hydrogens is 251 g/mol. The van der Waals surface area contributed by atoms with Gasteiger partial charge in [0.2, 0.25) is 0 Å². The van der Waals surface area contributed by atoms with Gasteiger partial charge >= 0.3 is 0 Å². The molecule has 1 atom stereocenters. The second kappa shape index (κ2) is 4.99. The molecule has 3 heteroatoms. The monoisotopic (exact) mass is 262 g/mol. The highest BCUT2D eigenvalue weighted by molar-refractivity contribution is 9.10. The third-order valence-corrected chi connectivity index (χ3v) is 2.92. The first-order valence-corrected chi connectivity index (χ1v) is 5.42. The van der Waals surface area contributed by atoms with Crippen LogP contribution >= 0.6 is 27.5 Å². The van der Waals surface area contributed by atoms with Gasteiger partial charge in [0, 0.05) is 9.50 Å². The summed E-state index contributed by atoms with van der Waals surface area (Å²) in [4.78, 5) is 0. The zero-order chi connectivity index (χ0) is 9.84. The fraction of sp³-hybridized carbons (Fsp3) is 0.400. The highest BCUT2D eigenvalue weighted by Crippen LogP contribution is 2.22. The number of hydrogen-bond donors (Lipinski definition) is 1. The molecule has 0 aliphatic carbocycles. The van der Waals surface area contributed by atoms with E-state index in [9.17, 15) is 5.11 Å². The van der Waals surface area contributed by atoms with E-state index < -0.39 is 0 Å². The van der Waals surface area contributed by atoms with Crippen LogP contribution in [-0.2, 0) is 6.42 Å². The smallest absolute Gasteiger partial charge is 0.0578 e. The lowest BCUT2D eigenvalue weighted by atomic mass is 10.1. The molecule has 1 unspecified atom stereocenters. The fourth-order valence-electron chi connectivity index (χ4n) is 1.09. The SMILES string of the molecule is CCC(O)Cc1ccc(Cl)cc1Br. The van der Waals surface area contributed by atoms with Crippen LogP contribution in [0, 0.1) is 0 Å². The first-order valence-electron chi connectivity index (χ1n) is 4.25. The van der Waals surface area contributed by atoms with Crippen LogP contribution in [0.3, 0.4) is 0 Å². The van der Waals surface area contributed by atoms with Crippen LogP contribution < -0.4 is 0 Å². The van der Waals surface area contributed by atoms with E-state index in [1.807, 2.05) is 25.1 Å². The zero-order valence-corrected chi connectivity index (χ0v) is 9.77. The molecular formula is C10H12BrClO. The van der Waals surface area contributed by atoms with E-state index in [1.54, 1.807) is 0 Å². The Labute approximate surface area is 91.9 Å². The Hall–Kier alpha value is -0.0500. The lowest BCUT2D eigenvalue weighted by Gasteiger charge is -2.09. The topological polar surface area (TPSA) is 20.2 Å². The molecule has 0 spiro atoms. The molecule has 0 radical (unpaired) electrons. The zero-order valence-electron chi connectivity index (χ0n) is 7.43. The van der Waals surface area contributed by atoms with Gasteiger partial charge in [-0.3, -0.25) is 0 Å². The number of benzene rings is 1. The van der Waals surface area contributed by atoms with Crippen molar-refractivity contribution in [1.29, 1.82) is 0 Å². The van der Waals surface area contributed by atoms with Gasteiger partial charge in [0.1, 0.15) is 0 Å². The maximum Gasteiger partial charge on any atom is 0.0578 e. The molecule has 0 amide bonds. The molecule has 0 aliphatic rings. The summed E-state index contributed by atoms with van der Waals surface area (Å²) >= 11 is 9.20. The summed E-state index contributed by atoms with van der Waals surface area (Å²) in [5, 5.41) is 10.2. The van der Waals surface area contributed by atoms with Crippen molar-refractivity contribution in [3.63, 3.8) is 0 Å². The molecule has 1 N–H and O–H groups in total. The number of aliphatic hydroxyl groups is 1. The Bertz CT molecular complexity index is 288. The van der Waals surface area contributed by atoms with Crippen LogP contribution in [-0.4, -0.2) is 11.2 Å². The second-order valence-electron chi connectivity index (χ2n) is 3.00. The first kappa shape index (κ1) is 11.0. The molecule has 13 heavy (non-hydrogen) atoms. The second-order valence-corrected chi connectivity index (χ2v) is 4.29. The molecule has 0 aromatic heterocycles. The lowest BCUT2D eigenvalue weighted by Crippen LogP contribution is -2.08. The normalized spacial score (nSPS) is 12.9. The maximum atomic E-state index is 9.45. The first-order chi connectivity index (χ1) is 6.13. The van der Waals surface area contributed by atoms with Crippen molar-refractivity contribution in [2.45, 2.75) is 25.9 Å². The summed E-state index contributed by atoms with van der Waals surface area (Å²) in [5.41, 5.74) is 1.10. The van der Waals surface area contributed by atoms with Crippen molar-refractivity contribution < 1.29 is 5.11 Å². The average molecular weight is 264 g/mol. The van der Waals surface area contributed by atoms with Crippen LogP contribution in [0.4, 0.5) is 0 Å². The van der Waals surface area contributed by atoms with E-state index in [0.29, 0.717) is 11.4 Å². The summed E-state index contributed by atoms with van der Waals surface area (Å²) < 4.78 is 0.965. The van der Waals surface area contributed by atoms with Gasteiger partial charge in [0.15, 0.2) is 0 Å². The van der Waals surface area contributed by atoms with Gasteiger partial charge in [-0.2, -0.15) is 0 Å². The molecule has 0 heterocycles. The molecule has 1 aromatic rings. The summed E-state index contributed by atoms with van der Waals surface area (Å²) in [6.45, 7) is 1.97. The largest absolute Gasteiger partial charge is 0.393 e. The van der Waals surface area contributed by atoms with Crippen LogP contribution in [0.2, 0.25) is 5.02 Å². The van der Waals surface area contributed by atoms with E-state index >= 15 is 0 Å². The predicted octanol–water partition coefficient (Wildman–Crippen LogP) is 3.42. The van der Waals surface area contributed by atoms with Crippen LogP contribution in [0.1, 0.15) is 18.9 Å². The van der Waals surface area contributed by atoms with Crippen LogP contribution in [0.15, 0.2) is 22.7 Å². The van der Waals surface area contributed by atoms with Gasteiger partial charge in [-0.1, -0.05) is 40.5 Å². The molecule has 0 fully saturated rings. The van der Waals surface area contributed by atoms with Crippen LogP contribution in [0.5, 0.6) is 0 Å². The van der Waals surface area contributed by atoms with Crippen molar-refractivity contribution in [2.75, 3.05) is 0 Å². The van der Waals surface area contributed by atoms with E-state index in [2.05, 4.69) is 15.9 Å². The highest BCUT2D eigenvalue weighted by Gasteiger charge is 2.06. The average Bonchev–Trinajstić information content (AvgIpc) is 2.09. The van der Waals surface area contributed by atoms with E-state index in [4.69, 9.17) is 11.6 Å². The summed E-state index contributed by atoms with van der Waals surface area (Å²) in [5.74, 6) is 0. The quantitative estimate of drug-likeness (QED) is 0.886. The van der Waals surface area contributed by atoms with Gasteiger partial charge < -0.3 is 5.11 Å². The minimum Gasteiger partial charge on any atom is -0.393 e. The molecule has 72 valence electrons. The Morgan fingerprint density at radius 1 is 1.54 bits per heavy atom. The van der Waals surface area contributed by atoms with Gasteiger partial charge in [-0.25, -0.2) is 0 Å². The van der Waals surface area contributed by atoms with Crippen molar-refractivity contribution >= 4 is 27.5 Å². The van der Waals surface area contributed by atoms with Crippen LogP contribution in [0.25, 0.3) is 0 Å². The van der Waals surface area contributed by atoms with Gasteiger partial charge in [-0.05, 0) is 30.5 Å². The van der Waals surface area contributed by atoms with E-state index in [1.165, 1.54) is 0 Å². The summed E-state index contributed by atoms with van der Waals surface area (Å²) in [6.07, 6.45) is 1.18. The number of rotatable bonds is 3. The maximum absolute atomic E-state index is 9.45. The third kappa shape index (κ3) is 3.29. The Morgan fingerprint density at radius 3 is 2.77 bits per heavy atom. The highest BCUT2D eigenvalue weighted by atomic mass is 79.9. The fourth-order valence-corrected chi connectivity index (χ4v) is 1.93. The Morgan fingerprint density at radius 2 is 2.23 bits per heavy atom. The number of hydrogen-bond acceptors (Lipinski definition) is 1. The molecule has 0 saturated carbocycles. The van der Waals surface area contributed by atoms with Gasteiger partial charge in [0.25, 0.3) is 0 Å². The molecule has 1 aromatic carbocycles. The summed E-state index contributed by atoms with van der Waals surface area (Å²) in [7, 11) is 0. The Balaban J connectivity index is 2.77. The van der Waals surface area contributed by atoms with Crippen molar-refractivity contribution in [2.24, 2.45) is 0 Å². The van der Waals surface area contributed by atoms with Gasteiger partial charge in [0.05, 0.1) is 6.10 Å². The number of halogens is 2. The third-order valence-electron chi connectivity index (χ3n) is 1.94. The molecule has 0 aliphatic heterocycles. The minimum atomic E-state index is -0.266. The molecule has 1 nitrogen and oxygen atoms in total. The summed E-state index contributed by atoms with van der Waals surface area (Å²) in [6, 6.07) is 5.62. The molecule has 1 rings (SSSR count). The minimum absolute atomic E-state index is 0.266. The van der Waals surface area contributed by atoms with E-state index in [0.717, 1.165) is 16.5 Å². The lowest BCUT2D eigenvalue weighted by molar-refractivity contribution is 0.170. The van der Waals surface area contributed by atoms with Crippen molar-refractivity contribution in [1.82, 2.24) is 0 Å².